The minimum atomic E-state index is 0.0128. The number of amides is 1. The molecule has 1 atom stereocenters. The number of nitrogens with zero attached hydrogens (tertiary/aromatic N) is 3. The minimum Gasteiger partial charge on any atom is -0.337 e. The highest BCUT2D eigenvalue weighted by Gasteiger charge is 2.25. The normalized spacial score (nSPS) is 19.8. The van der Waals surface area contributed by atoms with Crippen molar-refractivity contribution in [2.24, 2.45) is 5.73 Å². The molecule has 2 heterocycles. The van der Waals surface area contributed by atoms with Gasteiger partial charge in [0.05, 0.1) is 11.3 Å². The van der Waals surface area contributed by atoms with Crippen LogP contribution < -0.4 is 5.73 Å². The highest BCUT2D eigenvalue weighted by molar-refractivity contribution is 5.95. The van der Waals surface area contributed by atoms with Crippen LogP contribution in [0.5, 0.6) is 0 Å². The molecule has 1 fully saturated rings. The van der Waals surface area contributed by atoms with Crippen molar-refractivity contribution in [3.8, 4) is 0 Å². The lowest BCUT2D eigenvalue weighted by Gasteiger charge is -2.31. The fourth-order valence-electron chi connectivity index (χ4n) is 2.46. The third kappa shape index (κ3) is 3.10. The lowest BCUT2D eigenvalue weighted by Crippen LogP contribution is -2.46. The van der Waals surface area contributed by atoms with Crippen LogP contribution in [0.1, 0.15) is 54.5 Å². The molecule has 1 saturated heterocycles. The van der Waals surface area contributed by atoms with E-state index in [1.807, 2.05) is 25.7 Å². The molecule has 0 spiro atoms. The molecule has 0 aliphatic carbocycles. The van der Waals surface area contributed by atoms with Crippen LogP contribution >= 0.6 is 0 Å². The van der Waals surface area contributed by atoms with Crippen LogP contribution in [-0.4, -0.2) is 39.9 Å². The molecule has 5 heteroatoms. The van der Waals surface area contributed by atoms with Gasteiger partial charge in [-0.05, 0) is 25.7 Å². The van der Waals surface area contributed by atoms with E-state index in [0.29, 0.717) is 17.9 Å². The number of hydrogen-bond acceptors (Lipinski definition) is 4. The summed E-state index contributed by atoms with van der Waals surface area (Å²) in [4.78, 5) is 23.0. The first-order chi connectivity index (χ1) is 8.99. The lowest BCUT2D eigenvalue weighted by atomic mass is 10.0. The Hall–Kier alpha value is -1.49. The summed E-state index contributed by atoms with van der Waals surface area (Å²) >= 11 is 0. The van der Waals surface area contributed by atoms with Crippen molar-refractivity contribution >= 4 is 5.91 Å². The van der Waals surface area contributed by atoms with E-state index < -0.39 is 0 Å². The SMILES string of the molecule is Cc1ncc(C(=O)N2CCCC(N)C2)c(C(C)C)n1. The molecule has 0 radical (unpaired) electrons. The number of carbonyl (C=O) groups is 1. The number of likely N-dealkylation sites (tertiary alicyclic amines) is 1. The van der Waals surface area contributed by atoms with Crippen LogP contribution in [0.3, 0.4) is 0 Å². The largest absolute Gasteiger partial charge is 0.337 e. The number of carbonyl (C=O) groups excluding carboxylic acids is 1. The summed E-state index contributed by atoms with van der Waals surface area (Å²) in [5.74, 6) is 0.925. The highest BCUT2D eigenvalue weighted by atomic mass is 16.2. The number of nitrogens with two attached hydrogens (primary N) is 1. The summed E-state index contributed by atoms with van der Waals surface area (Å²) in [6.45, 7) is 7.33. The van der Waals surface area contributed by atoms with Crippen LogP contribution in [-0.2, 0) is 0 Å². The molecule has 1 amide bonds. The van der Waals surface area contributed by atoms with Crippen LogP contribution in [0.2, 0.25) is 0 Å². The first-order valence-corrected chi connectivity index (χ1v) is 6.87. The summed E-state index contributed by atoms with van der Waals surface area (Å²) in [5, 5.41) is 0. The molecule has 1 unspecified atom stereocenters. The fourth-order valence-corrected chi connectivity index (χ4v) is 2.46. The van der Waals surface area contributed by atoms with Crippen LogP contribution in [0.25, 0.3) is 0 Å². The van der Waals surface area contributed by atoms with Crippen molar-refractivity contribution in [1.29, 1.82) is 0 Å². The highest BCUT2D eigenvalue weighted by Crippen LogP contribution is 2.20. The van der Waals surface area contributed by atoms with Gasteiger partial charge in [-0.25, -0.2) is 9.97 Å². The molecular weight excluding hydrogens is 240 g/mol. The Kier molecular flexibility index (Phi) is 4.14. The third-order valence-electron chi connectivity index (χ3n) is 3.46. The van der Waals surface area contributed by atoms with Crippen LogP contribution in [0, 0.1) is 6.92 Å². The van der Waals surface area contributed by atoms with E-state index in [1.165, 1.54) is 0 Å². The van der Waals surface area contributed by atoms with E-state index in [-0.39, 0.29) is 17.9 Å². The van der Waals surface area contributed by atoms with Gasteiger partial charge < -0.3 is 10.6 Å². The predicted octanol–water partition coefficient (Wildman–Crippen LogP) is 1.47. The van der Waals surface area contributed by atoms with Crippen LogP contribution in [0.4, 0.5) is 0 Å². The minimum absolute atomic E-state index is 0.0128. The average molecular weight is 262 g/mol. The second-order valence-corrected chi connectivity index (χ2v) is 5.52. The third-order valence-corrected chi connectivity index (χ3v) is 3.46. The Bertz CT molecular complexity index is 473. The number of aromatic nitrogens is 2. The second kappa shape index (κ2) is 5.65. The van der Waals surface area contributed by atoms with Crippen molar-refractivity contribution < 1.29 is 4.79 Å². The molecule has 1 aliphatic rings. The van der Waals surface area contributed by atoms with E-state index in [0.717, 1.165) is 25.1 Å². The number of rotatable bonds is 2. The topological polar surface area (TPSA) is 72.1 Å². The maximum absolute atomic E-state index is 12.6. The molecule has 0 bridgehead atoms. The quantitative estimate of drug-likeness (QED) is 0.876. The maximum Gasteiger partial charge on any atom is 0.257 e. The van der Waals surface area contributed by atoms with Gasteiger partial charge in [0.2, 0.25) is 0 Å². The van der Waals surface area contributed by atoms with Gasteiger partial charge in [-0.3, -0.25) is 4.79 Å². The Morgan fingerprint density at radius 3 is 2.89 bits per heavy atom. The molecule has 2 N–H and O–H groups in total. The predicted molar refractivity (Wildman–Crippen MR) is 74.0 cm³/mol. The lowest BCUT2D eigenvalue weighted by molar-refractivity contribution is 0.0706. The molecule has 1 aliphatic heterocycles. The average Bonchev–Trinajstić information content (AvgIpc) is 2.37. The Morgan fingerprint density at radius 2 is 2.26 bits per heavy atom. The molecule has 19 heavy (non-hydrogen) atoms. The van der Waals surface area contributed by atoms with Crippen molar-refractivity contribution in [2.75, 3.05) is 13.1 Å². The van der Waals surface area contributed by atoms with Crippen molar-refractivity contribution in [3.05, 3.63) is 23.3 Å². The van der Waals surface area contributed by atoms with Crippen LogP contribution in [0.15, 0.2) is 6.20 Å². The number of aryl methyl sites for hydroxylation is 1. The van der Waals surface area contributed by atoms with E-state index in [9.17, 15) is 4.79 Å². The zero-order valence-electron chi connectivity index (χ0n) is 11.9. The Labute approximate surface area is 114 Å². The zero-order valence-corrected chi connectivity index (χ0v) is 11.9. The number of piperidine rings is 1. The number of hydrogen-bond donors (Lipinski definition) is 1. The smallest absolute Gasteiger partial charge is 0.257 e. The van der Waals surface area contributed by atoms with Gasteiger partial charge in [-0.15, -0.1) is 0 Å². The zero-order chi connectivity index (χ0) is 14.0. The van der Waals surface area contributed by atoms with E-state index in [4.69, 9.17) is 5.73 Å². The molecule has 2 rings (SSSR count). The van der Waals surface area contributed by atoms with Gasteiger partial charge in [0.25, 0.3) is 5.91 Å². The summed E-state index contributed by atoms with van der Waals surface area (Å²) in [7, 11) is 0. The molecule has 104 valence electrons. The van der Waals surface area contributed by atoms with Crippen molar-refractivity contribution in [2.45, 2.75) is 45.6 Å². The van der Waals surface area contributed by atoms with E-state index in [1.54, 1.807) is 6.20 Å². The Morgan fingerprint density at radius 1 is 1.53 bits per heavy atom. The first kappa shape index (κ1) is 13.9. The van der Waals surface area contributed by atoms with Gasteiger partial charge in [0.15, 0.2) is 0 Å². The van der Waals surface area contributed by atoms with Crippen molar-refractivity contribution in [1.82, 2.24) is 14.9 Å². The van der Waals surface area contributed by atoms with E-state index in [2.05, 4.69) is 9.97 Å². The van der Waals surface area contributed by atoms with Gasteiger partial charge in [0.1, 0.15) is 5.82 Å². The fraction of sp³-hybridized carbons (Fsp3) is 0.643. The Balaban J connectivity index is 2.28. The molecular formula is C14H22N4O. The monoisotopic (exact) mass is 262 g/mol. The standard InChI is InChI=1S/C14H22N4O/c1-9(2)13-12(7-16-10(3)17-13)14(19)18-6-4-5-11(15)8-18/h7,9,11H,4-6,8,15H2,1-3H3. The summed E-state index contributed by atoms with van der Waals surface area (Å²) in [6, 6.07) is 0.0894. The van der Waals surface area contributed by atoms with Gasteiger partial charge in [-0.1, -0.05) is 13.8 Å². The molecule has 5 nitrogen and oxygen atoms in total. The summed E-state index contributed by atoms with van der Waals surface area (Å²) < 4.78 is 0. The molecule has 0 saturated carbocycles. The summed E-state index contributed by atoms with van der Waals surface area (Å²) in [5.41, 5.74) is 7.39. The molecule has 1 aromatic heterocycles. The molecule has 0 aromatic carbocycles. The van der Waals surface area contributed by atoms with Crippen molar-refractivity contribution in [3.63, 3.8) is 0 Å². The van der Waals surface area contributed by atoms with Gasteiger partial charge in [-0.2, -0.15) is 0 Å². The summed E-state index contributed by atoms with van der Waals surface area (Å²) in [6.07, 6.45) is 3.61. The first-order valence-electron chi connectivity index (χ1n) is 6.87. The maximum atomic E-state index is 12.6. The van der Waals surface area contributed by atoms with Gasteiger partial charge >= 0.3 is 0 Å². The molecule has 1 aromatic rings. The second-order valence-electron chi connectivity index (χ2n) is 5.52. The van der Waals surface area contributed by atoms with E-state index >= 15 is 0 Å². The van der Waals surface area contributed by atoms with Gasteiger partial charge in [0, 0.05) is 25.3 Å².